The van der Waals surface area contributed by atoms with Crippen LogP contribution in [-0.4, -0.2) is 16.4 Å². The smallest absolute Gasteiger partial charge is 0.504 e. The third-order valence-corrected chi connectivity index (χ3v) is 3.41. The van der Waals surface area contributed by atoms with Gasteiger partial charge in [-0.25, -0.2) is 4.79 Å². The van der Waals surface area contributed by atoms with Crippen LogP contribution in [0, 0.1) is 13.8 Å². The zero-order chi connectivity index (χ0) is 14.6. The van der Waals surface area contributed by atoms with Crippen molar-refractivity contribution in [1.29, 1.82) is 0 Å². The molecule has 2 N–H and O–H groups in total. The van der Waals surface area contributed by atoms with Crippen molar-refractivity contribution in [3.05, 3.63) is 22.3 Å². The fourth-order valence-electron chi connectivity index (χ4n) is 2.40. The third kappa shape index (κ3) is 3.19. The van der Waals surface area contributed by atoms with E-state index >= 15 is 0 Å². The summed E-state index contributed by atoms with van der Waals surface area (Å²) in [5.41, 5.74) is 3.66. The lowest BCUT2D eigenvalue weighted by Crippen LogP contribution is -2.09. The second-order valence-electron chi connectivity index (χ2n) is 4.75. The first kappa shape index (κ1) is 15.3. The fraction of sp³-hybridized carbons (Fsp3) is 0.533. The van der Waals surface area contributed by atoms with E-state index in [-0.39, 0.29) is 11.5 Å². The molecule has 0 aliphatic heterocycles. The van der Waals surface area contributed by atoms with Crippen LogP contribution in [0.15, 0.2) is 0 Å². The molecule has 1 aromatic carbocycles. The monoisotopic (exact) mass is 266 g/mol. The van der Waals surface area contributed by atoms with E-state index in [1.165, 1.54) is 0 Å². The van der Waals surface area contributed by atoms with Crippen molar-refractivity contribution in [2.45, 2.75) is 53.4 Å². The standard InChI is InChI=1S/C15H22O4/c1-5-7-11-9(3)10(4)14(19-15(17)18)13(16)12(11)8-6-2/h16H,5-8H2,1-4H3,(H,17,18). The number of hydrogen-bond acceptors (Lipinski definition) is 3. The Bertz CT molecular complexity index is 478. The molecule has 0 atom stereocenters. The Kier molecular flexibility index (Phi) is 5.21. The molecule has 0 aliphatic rings. The molecule has 0 fully saturated rings. The first-order valence-corrected chi connectivity index (χ1v) is 6.68. The van der Waals surface area contributed by atoms with Crippen LogP contribution in [0.25, 0.3) is 0 Å². The Morgan fingerprint density at radius 1 is 1.05 bits per heavy atom. The van der Waals surface area contributed by atoms with Gasteiger partial charge in [-0.1, -0.05) is 26.7 Å². The van der Waals surface area contributed by atoms with Crippen LogP contribution in [0.2, 0.25) is 0 Å². The minimum atomic E-state index is -1.40. The van der Waals surface area contributed by atoms with Gasteiger partial charge in [0.05, 0.1) is 0 Å². The van der Waals surface area contributed by atoms with Crippen molar-refractivity contribution in [3.63, 3.8) is 0 Å². The van der Waals surface area contributed by atoms with Gasteiger partial charge in [-0.3, -0.25) is 0 Å². The Balaban J connectivity index is 3.47. The van der Waals surface area contributed by atoms with Crippen molar-refractivity contribution in [2.75, 3.05) is 0 Å². The van der Waals surface area contributed by atoms with Gasteiger partial charge in [-0.2, -0.15) is 0 Å². The van der Waals surface area contributed by atoms with Gasteiger partial charge in [0, 0.05) is 5.56 Å². The van der Waals surface area contributed by atoms with E-state index in [9.17, 15) is 9.90 Å². The number of carboxylic acid groups (broad SMARTS) is 1. The number of phenols is 1. The molecule has 0 heterocycles. The molecule has 4 heteroatoms. The molecular weight excluding hydrogens is 244 g/mol. The molecule has 0 saturated heterocycles. The molecule has 19 heavy (non-hydrogen) atoms. The highest BCUT2D eigenvalue weighted by atomic mass is 16.7. The van der Waals surface area contributed by atoms with Crippen molar-refractivity contribution in [2.24, 2.45) is 0 Å². The number of benzene rings is 1. The molecule has 0 saturated carbocycles. The summed E-state index contributed by atoms with van der Waals surface area (Å²) >= 11 is 0. The largest absolute Gasteiger partial charge is 0.511 e. The van der Waals surface area contributed by atoms with Gasteiger partial charge in [0.25, 0.3) is 0 Å². The number of ether oxygens (including phenoxy) is 1. The summed E-state index contributed by atoms with van der Waals surface area (Å²) in [6.45, 7) is 7.85. The minimum Gasteiger partial charge on any atom is -0.504 e. The normalized spacial score (nSPS) is 10.5. The van der Waals surface area contributed by atoms with Gasteiger partial charge >= 0.3 is 6.16 Å². The summed E-state index contributed by atoms with van der Waals surface area (Å²) in [4.78, 5) is 10.7. The molecule has 0 bridgehead atoms. The van der Waals surface area contributed by atoms with E-state index < -0.39 is 6.16 Å². The summed E-state index contributed by atoms with van der Waals surface area (Å²) in [5, 5.41) is 19.1. The van der Waals surface area contributed by atoms with E-state index in [4.69, 9.17) is 9.84 Å². The first-order chi connectivity index (χ1) is 8.93. The second kappa shape index (κ2) is 6.45. The van der Waals surface area contributed by atoms with Crippen LogP contribution in [0.1, 0.15) is 48.9 Å². The SMILES string of the molecule is CCCc1c(C)c(C)c(OC(=O)O)c(O)c1CCC. The first-order valence-electron chi connectivity index (χ1n) is 6.68. The van der Waals surface area contributed by atoms with E-state index in [0.717, 1.165) is 42.4 Å². The third-order valence-electron chi connectivity index (χ3n) is 3.41. The maximum atomic E-state index is 10.7. The Labute approximate surface area is 114 Å². The van der Waals surface area contributed by atoms with E-state index in [2.05, 4.69) is 6.92 Å². The average molecular weight is 266 g/mol. The lowest BCUT2D eigenvalue weighted by atomic mass is 9.90. The maximum Gasteiger partial charge on any atom is 0.511 e. The van der Waals surface area contributed by atoms with Gasteiger partial charge in [-0.15, -0.1) is 0 Å². The van der Waals surface area contributed by atoms with Crippen LogP contribution in [-0.2, 0) is 12.8 Å². The molecule has 0 aliphatic carbocycles. The lowest BCUT2D eigenvalue weighted by molar-refractivity contribution is 0.142. The molecule has 106 valence electrons. The summed E-state index contributed by atoms with van der Waals surface area (Å²) in [5.74, 6) is 0.0594. The zero-order valence-corrected chi connectivity index (χ0v) is 12.0. The minimum absolute atomic E-state index is 0.0178. The lowest BCUT2D eigenvalue weighted by Gasteiger charge is -2.19. The molecular formula is C15H22O4. The van der Waals surface area contributed by atoms with Gasteiger partial charge < -0.3 is 14.9 Å². The fourth-order valence-corrected chi connectivity index (χ4v) is 2.40. The zero-order valence-electron chi connectivity index (χ0n) is 12.0. The quantitative estimate of drug-likeness (QED) is 0.625. The summed E-state index contributed by atoms with van der Waals surface area (Å²) < 4.78 is 4.74. The molecule has 0 unspecified atom stereocenters. The number of phenolic OH excluding ortho intramolecular Hbond substituents is 1. The van der Waals surface area contributed by atoms with Gasteiger partial charge in [0.15, 0.2) is 11.5 Å². The molecule has 0 amide bonds. The van der Waals surface area contributed by atoms with Gasteiger partial charge in [0.2, 0.25) is 0 Å². The summed E-state index contributed by atoms with van der Waals surface area (Å²) in [7, 11) is 0. The molecule has 1 aromatic rings. The number of rotatable bonds is 5. The molecule has 0 aromatic heterocycles. The van der Waals surface area contributed by atoms with Gasteiger partial charge in [-0.05, 0) is 43.4 Å². The predicted octanol–water partition coefficient (Wildman–Crippen LogP) is 3.97. The van der Waals surface area contributed by atoms with Crippen molar-refractivity contribution in [3.8, 4) is 11.5 Å². The highest BCUT2D eigenvalue weighted by molar-refractivity contribution is 5.67. The summed E-state index contributed by atoms with van der Waals surface area (Å²) in [6, 6.07) is 0. The van der Waals surface area contributed by atoms with Crippen LogP contribution >= 0.6 is 0 Å². The molecule has 0 spiro atoms. The van der Waals surface area contributed by atoms with Crippen molar-refractivity contribution < 1.29 is 19.7 Å². The molecule has 1 rings (SSSR count). The van der Waals surface area contributed by atoms with E-state index in [1.807, 2.05) is 13.8 Å². The highest BCUT2D eigenvalue weighted by Crippen LogP contribution is 2.40. The average Bonchev–Trinajstić information content (AvgIpc) is 2.36. The number of aromatic hydroxyl groups is 1. The molecule has 0 radical (unpaired) electrons. The van der Waals surface area contributed by atoms with Crippen LogP contribution in [0.5, 0.6) is 11.5 Å². The predicted molar refractivity (Wildman–Crippen MR) is 74.2 cm³/mol. The van der Waals surface area contributed by atoms with Crippen LogP contribution in [0.3, 0.4) is 0 Å². The number of hydrogen-bond donors (Lipinski definition) is 2. The highest BCUT2D eigenvalue weighted by Gasteiger charge is 2.21. The van der Waals surface area contributed by atoms with Crippen LogP contribution in [0.4, 0.5) is 4.79 Å². The topological polar surface area (TPSA) is 66.8 Å². The van der Waals surface area contributed by atoms with E-state index in [0.29, 0.717) is 5.56 Å². The van der Waals surface area contributed by atoms with Gasteiger partial charge in [0.1, 0.15) is 0 Å². The van der Waals surface area contributed by atoms with Crippen molar-refractivity contribution in [1.82, 2.24) is 0 Å². The Morgan fingerprint density at radius 3 is 2.05 bits per heavy atom. The Hall–Kier alpha value is -1.71. The second-order valence-corrected chi connectivity index (χ2v) is 4.75. The van der Waals surface area contributed by atoms with E-state index in [1.54, 1.807) is 6.92 Å². The maximum absolute atomic E-state index is 10.7. The Morgan fingerprint density at radius 2 is 1.58 bits per heavy atom. The van der Waals surface area contributed by atoms with Crippen molar-refractivity contribution >= 4 is 6.16 Å². The summed E-state index contributed by atoms with van der Waals surface area (Å²) in [6.07, 6.45) is 2.07. The number of carbonyl (C=O) groups is 1. The van der Waals surface area contributed by atoms with Crippen LogP contribution < -0.4 is 4.74 Å². The molecule has 4 nitrogen and oxygen atoms in total.